The van der Waals surface area contributed by atoms with E-state index in [1.807, 2.05) is 22.9 Å². The van der Waals surface area contributed by atoms with Crippen LogP contribution in [0.5, 0.6) is 0 Å². The quantitative estimate of drug-likeness (QED) is 0.676. The molecule has 3 aromatic rings. The predicted octanol–water partition coefficient (Wildman–Crippen LogP) is 2.07. The summed E-state index contributed by atoms with van der Waals surface area (Å²) in [5.74, 6) is 1.24. The molecule has 0 atom stereocenters. The Balaban J connectivity index is 1.94. The van der Waals surface area contributed by atoms with Gasteiger partial charge in [0.1, 0.15) is 11.3 Å². The number of alkyl halides is 1. The third kappa shape index (κ3) is 1.97. The van der Waals surface area contributed by atoms with Crippen molar-refractivity contribution in [3.05, 3.63) is 42.9 Å². The molecule has 0 aliphatic carbocycles. The van der Waals surface area contributed by atoms with E-state index in [0.717, 1.165) is 30.1 Å². The fourth-order valence-corrected chi connectivity index (χ4v) is 2.18. The minimum absolute atomic E-state index is 0.389. The number of nitrogens with zero attached hydrogens (tertiary/aromatic N) is 5. The van der Waals surface area contributed by atoms with Gasteiger partial charge in [0.25, 0.3) is 0 Å². The van der Waals surface area contributed by atoms with Crippen LogP contribution in [0.2, 0.25) is 0 Å². The molecule has 0 saturated heterocycles. The van der Waals surface area contributed by atoms with E-state index < -0.39 is 0 Å². The molecule has 0 unspecified atom stereocenters. The van der Waals surface area contributed by atoms with Crippen molar-refractivity contribution in [3.63, 3.8) is 0 Å². The lowest BCUT2D eigenvalue weighted by molar-refractivity contribution is 0.574. The van der Waals surface area contributed by atoms with Crippen LogP contribution in [0, 0.1) is 0 Å². The maximum absolute atomic E-state index is 5.93. The summed E-state index contributed by atoms with van der Waals surface area (Å²) < 4.78 is 4.08. The fraction of sp³-hybridized carbons (Fsp3) is 0.250. The lowest BCUT2D eigenvalue weighted by atomic mass is 10.4. The molecule has 0 spiro atoms. The first-order chi connectivity index (χ1) is 8.88. The predicted molar refractivity (Wildman–Crippen MR) is 69.3 cm³/mol. The first kappa shape index (κ1) is 11.2. The molecule has 18 heavy (non-hydrogen) atoms. The molecule has 0 saturated carbocycles. The maximum Gasteiger partial charge on any atom is 0.160 e. The second-order valence-electron chi connectivity index (χ2n) is 3.96. The molecule has 0 N–H and O–H groups in total. The van der Waals surface area contributed by atoms with E-state index in [2.05, 4.69) is 19.5 Å². The third-order valence-corrected chi connectivity index (χ3v) is 3.08. The van der Waals surface area contributed by atoms with Gasteiger partial charge in [-0.15, -0.1) is 11.6 Å². The Bertz CT molecular complexity index is 644. The fourth-order valence-electron chi connectivity index (χ4n) is 1.98. The van der Waals surface area contributed by atoms with Crippen LogP contribution in [0.15, 0.2) is 37.1 Å². The number of aryl methyl sites for hydroxylation is 2. The Hall–Kier alpha value is -1.88. The number of rotatable bonds is 4. The van der Waals surface area contributed by atoms with Crippen LogP contribution >= 0.6 is 11.6 Å². The molecule has 3 heterocycles. The molecule has 3 aromatic heterocycles. The lowest BCUT2D eigenvalue weighted by Crippen LogP contribution is -2.09. The van der Waals surface area contributed by atoms with Crippen molar-refractivity contribution in [2.45, 2.75) is 19.0 Å². The first-order valence-electron chi connectivity index (χ1n) is 5.70. The Morgan fingerprint density at radius 1 is 1.22 bits per heavy atom. The van der Waals surface area contributed by atoms with Gasteiger partial charge in [0.2, 0.25) is 0 Å². The van der Waals surface area contributed by atoms with Gasteiger partial charge in [-0.2, -0.15) is 0 Å². The zero-order chi connectivity index (χ0) is 12.4. The minimum atomic E-state index is 0.389. The number of halogens is 1. The van der Waals surface area contributed by atoms with Crippen LogP contribution in [-0.2, 0) is 19.0 Å². The minimum Gasteiger partial charge on any atom is -0.336 e. The van der Waals surface area contributed by atoms with Crippen LogP contribution in [0.4, 0.5) is 0 Å². The second kappa shape index (κ2) is 4.78. The SMILES string of the molecule is ClCc1nc2cccnc2n1CCn1ccnc1. The summed E-state index contributed by atoms with van der Waals surface area (Å²) in [6.45, 7) is 1.61. The number of hydrogen-bond acceptors (Lipinski definition) is 3. The monoisotopic (exact) mass is 261 g/mol. The van der Waals surface area contributed by atoms with E-state index >= 15 is 0 Å². The van der Waals surface area contributed by atoms with E-state index in [9.17, 15) is 0 Å². The van der Waals surface area contributed by atoms with Gasteiger partial charge < -0.3 is 9.13 Å². The Labute approximate surface area is 109 Å². The standard InChI is InChI=1S/C12H12ClN5/c13-8-11-16-10-2-1-3-15-12(10)18(11)7-6-17-5-4-14-9-17/h1-5,9H,6-8H2. The highest BCUT2D eigenvalue weighted by Crippen LogP contribution is 2.15. The van der Waals surface area contributed by atoms with Crippen LogP contribution < -0.4 is 0 Å². The molecule has 0 radical (unpaired) electrons. The summed E-state index contributed by atoms with van der Waals surface area (Å²) in [7, 11) is 0. The number of fused-ring (bicyclic) bond motifs is 1. The largest absolute Gasteiger partial charge is 0.336 e. The molecule has 0 fully saturated rings. The maximum atomic E-state index is 5.93. The summed E-state index contributed by atoms with van der Waals surface area (Å²) in [5.41, 5.74) is 1.77. The van der Waals surface area contributed by atoms with Gasteiger partial charge >= 0.3 is 0 Å². The van der Waals surface area contributed by atoms with E-state index in [0.29, 0.717) is 5.88 Å². The highest BCUT2D eigenvalue weighted by molar-refractivity contribution is 6.16. The van der Waals surface area contributed by atoms with Crippen molar-refractivity contribution in [1.82, 2.24) is 24.1 Å². The van der Waals surface area contributed by atoms with Gasteiger partial charge in [0.05, 0.1) is 12.2 Å². The van der Waals surface area contributed by atoms with Gasteiger partial charge in [0, 0.05) is 31.7 Å². The molecule has 0 aliphatic heterocycles. The molecule has 3 rings (SSSR count). The second-order valence-corrected chi connectivity index (χ2v) is 4.23. The first-order valence-corrected chi connectivity index (χ1v) is 6.24. The van der Waals surface area contributed by atoms with Gasteiger partial charge in [-0.1, -0.05) is 0 Å². The molecular weight excluding hydrogens is 250 g/mol. The van der Waals surface area contributed by atoms with Crippen LogP contribution in [0.3, 0.4) is 0 Å². The number of aromatic nitrogens is 5. The summed E-state index contributed by atoms with van der Waals surface area (Å²) in [6.07, 6.45) is 7.28. The van der Waals surface area contributed by atoms with Gasteiger partial charge in [-0.25, -0.2) is 15.0 Å². The van der Waals surface area contributed by atoms with Crippen molar-refractivity contribution in [3.8, 4) is 0 Å². The Kier molecular flexibility index (Phi) is 2.98. The smallest absolute Gasteiger partial charge is 0.160 e. The average molecular weight is 262 g/mol. The van der Waals surface area contributed by atoms with Crippen LogP contribution in [0.25, 0.3) is 11.2 Å². The third-order valence-electron chi connectivity index (χ3n) is 2.84. The average Bonchev–Trinajstić information content (AvgIpc) is 3.03. The molecule has 0 aromatic carbocycles. The van der Waals surface area contributed by atoms with E-state index in [1.165, 1.54) is 0 Å². The molecule has 5 nitrogen and oxygen atoms in total. The van der Waals surface area contributed by atoms with E-state index in [4.69, 9.17) is 11.6 Å². The summed E-state index contributed by atoms with van der Waals surface area (Å²) >= 11 is 5.93. The van der Waals surface area contributed by atoms with Crippen molar-refractivity contribution in [2.75, 3.05) is 0 Å². The highest BCUT2D eigenvalue weighted by Gasteiger charge is 2.10. The van der Waals surface area contributed by atoms with E-state index in [1.54, 1.807) is 18.7 Å². The molecule has 0 aliphatic rings. The van der Waals surface area contributed by atoms with E-state index in [-0.39, 0.29) is 0 Å². The lowest BCUT2D eigenvalue weighted by Gasteiger charge is -2.07. The highest BCUT2D eigenvalue weighted by atomic mass is 35.5. The van der Waals surface area contributed by atoms with Crippen molar-refractivity contribution >= 4 is 22.8 Å². The number of pyridine rings is 1. The van der Waals surface area contributed by atoms with Gasteiger partial charge in [-0.3, -0.25) is 0 Å². The zero-order valence-corrected chi connectivity index (χ0v) is 10.5. The zero-order valence-electron chi connectivity index (χ0n) is 9.70. The van der Waals surface area contributed by atoms with Crippen molar-refractivity contribution < 1.29 is 0 Å². The normalized spacial score (nSPS) is 11.2. The number of hydrogen-bond donors (Lipinski definition) is 0. The van der Waals surface area contributed by atoms with Gasteiger partial charge in [-0.05, 0) is 12.1 Å². The van der Waals surface area contributed by atoms with Crippen molar-refractivity contribution in [1.29, 1.82) is 0 Å². The summed E-state index contributed by atoms with van der Waals surface area (Å²) in [4.78, 5) is 12.9. The van der Waals surface area contributed by atoms with Crippen LogP contribution in [-0.4, -0.2) is 24.1 Å². The Morgan fingerprint density at radius 2 is 2.17 bits per heavy atom. The van der Waals surface area contributed by atoms with Crippen molar-refractivity contribution in [2.24, 2.45) is 0 Å². The molecule has 6 heteroatoms. The molecule has 0 bridgehead atoms. The molecule has 0 amide bonds. The Morgan fingerprint density at radius 3 is 2.94 bits per heavy atom. The molecule has 92 valence electrons. The topological polar surface area (TPSA) is 48.5 Å². The van der Waals surface area contributed by atoms with Gasteiger partial charge in [0.15, 0.2) is 5.65 Å². The summed E-state index contributed by atoms with van der Waals surface area (Å²) in [5, 5.41) is 0. The van der Waals surface area contributed by atoms with Crippen LogP contribution in [0.1, 0.15) is 5.82 Å². The number of imidazole rings is 2. The summed E-state index contributed by atoms with van der Waals surface area (Å²) in [6, 6.07) is 3.83. The molecular formula is C12H12ClN5.